The summed E-state index contributed by atoms with van der Waals surface area (Å²) in [7, 11) is -1.86. The maximum atomic E-state index is 13.3. The van der Waals surface area contributed by atoms with Crippen LogP contribution < -0.4 is 0 Å². The van der Waals surface area contributed by atoms with Gasteiger partial charge >= 0.3 is 24.1 Å². The lowest BCUT2D eigenvalue weighted by Gasteiger charge is -2.61. The van der Waals surface area contributed by atoms with E-state index in [1.165, 1.54) is 12.8 Å². The van der Waals surface area contributed by atoms with Gasteiger partial charge in [-0.05, 0) is 135 Å². The molecule has 0 saturated heterocycles. The molecule has 46 heavy (non-hydrogen) atoms. The van der Waals surface area contributed by atoms with Crippen molar-refractivity contribution in [1.82, 2.24) is 0 Å². The van der Waals surface area contributed by atoms with Crippen LogP contribution in [0.2, 0.25) is 18.1 Å². The molecule has 0 aromatic heterocycles. The molecule has 4 aliphatic rings. The number of hydrogen-bond acceptors (Lipinski definition) is 2. The maximum absolute atomic E-state index is 13.3. The van der Waals surface area contributed by atoms with Crippen LogP contribution in [-0.4, -0.2) is 45.2 Å². The number of rotatable bonds is 8. The van der Waals surface area contributed by atoms with Crippen molar-refractivity contribution >= 4 is 8.32 Å². The van der Waals surface area contributed by atoms with Gasteiger partial charge in [-0.1, -0.05) is 41.5 Å². The van der Waals surface area contributed by atoms with Crippen molar-refractivity contribution in [2.75, 3.05) is 6.61 Å². The highest BCUT2D eigenvalue weighted by Crippen LogP contribution is 2.68. The van der Waals surface area contributed by atoms with Crippen molar-refractivity contribution in [3.63, 3.8) is 0 Å². The van der Waals surface area contributed by atoms with Gasteiger partial charge in [0.05, 0.1) is 0 Å². The topological polar surface area (TPSA) is 18.5 Å². The zero-order chi connectivity index (χ0) is 34.9. The van der Waals surface area contributed by atoms with Gasteiger partial charge in [-0.25, -0.2) is 0 Å². The molecule has 0 heterocycles. The van der Waals surface area contributed by atoms with Crippen LogP contribution in [0.15, 0.2) is 0 Å². The number of hydrogen-bond donors (Lipinski definition) is 0. The summed E-state index contributed by atoms with van der Waals surface area (Å²) in [5, 5.41) is 0.169. The Morgan fingerprint density at radius 2 is 1.28 bits per heavy atom. The van der Waals surface area contributed by atoms with E-state index in [1.807, 2.05) is 6.92 Å². The molecule has 0 N–H and O–H groups in total. The van der Waals surface area contributed by atoms with Gasteiger partial charge in [-0.15, -0.1) is 0 Å². The van der Waals surface area contributed by atoms with Gasteiger partial charge in [0.25, 0.3) is 0 Å². The molecule has 4 aliphatic carbocycles. The van der Waals surface area contributed by atoms with Crippen LogP contribution in [-0.2, 0) is 9.16 Å². The fourth-order valence-corrected chi connectivity index (χ4v) is 11.9. The standard InChI is InChI=1S/C34H55F9O2Si/c1-21(10-9-19-44-31(32(35,36)37,33(38,39)40)34(41,42)43)25-13-14-26-24-12-11-22-20-23(45-46(7,8)28(2,3)4)15-17-29(22,5)27(24)16-18-30(25,26)6/h21-27H,9-20H2,1-8H3/t21-,22-,23?,24+,25-,26+,27+,29+,30-/m1/s1. The molecule has 4 saturated carbocycles. The quantitative estimate of drug-likeness (QED) is 0.143. The van der Waals surface area contributed by atoms with E-state index in [0.29, 0.717) is 29.8 Å². The van der Waals surface area contributed by atoms with Crippen LogP contribution in [0.3, 0.4) is 0 Å². The molecule has 0 amide bonds. The normalized spacial score (nSPS) is 37.0. The van der Waals surface area contributed by atoms with E-state index in [9.17, 15) is 39.5 Å². The van der Waals surface area contributed by atoms with Crippen LogP contribution in [0.25, 0.3) is 0 Å². The molecule has 0 radical (unpaired) electrons. The third-order valence-electron chi connectivity index (χ3n) is 14.0. The van der Waals surface area contributed by atoms with Crippen LogP contribution in [0.5, 0.6) is 0 Å². The Kier molecular flexibility index (Phi) is 10.3. The molecule has 4 fully saturated rings. The molecule has 4 rings (SSSR count). The Morgan fingerprint density at radius 1 is 0.739 bits per heavy atom. The minimum absolute atomic E-state index is 0.000943. The second kappa shape index (κ2) is 12.4. The van der Waals surface area contributed by atoms with Crippen LogP contribution in [0.1, 0.15) is 112 Å². The fraction of sp³-hybridized carbons (Fsp3) is 1.00. The van der Waals surface area contributed by atoms with E-state index < -0.39 is 39.1 Å². The molecular weight excluding hydrogens is 639 g/mol. The van der Waals surface area contributed by atoms with Crippen LogP contribution in [0, 0.1) is 46.3 Å². The van der Waals surface area contributed by atoms with Gasteiger partial charge in [0, 0.05) is 12.7 Å². The summed E-state index contributed by atoms with van der Waals surface area (Å²) in [6.07, 6.45) is -10.0. The average Bonchev–Trinajstić information content (AvgIpc) is 3.23. The van der Waals surface area contributed by atoms with Crippen molar-refractivity contribution in [3.8, 4) is 0 Å². The Balaban J connectivity index is 1.38. The summed E-state index contributed by atoms with van der Waals surface area (Å²) in [6.45, 7) is 16.9. The Labute approximate surface area is 270 Å². The summed E-state index contributed by atoms with van der Waals surface area (Å²) < 4.78 is 130. The first kappa shape index (κ1) is 38.3. The third kappa shape index (κ3) is 6.44. The lowest BCUT2D eigenvalue weighted by atomic mass is 9.44. The Bertz CT molecular complexity index is 1030. The lowest BCUT2D eigenvalue weighted by molar-refractivity contribution is -0.457. The van der Waals surface area contributed by atoms with Gasteiger partial charge in [-0.2, -0.15) is 39.5 Å². The number of halogens is 9. The van der Waals surface area contributed by atoms with E-state index >= 15 is 0 Å². The molecule has 0 bridgehead atoms. The summed E-state index contributed by atoms with van der Waals surface area (Å²) in [6, 6.07) is 0. The predicted molar refractivity (Wildman–Crippen MR) is 163 cm³/mol. The van der Waals surface area contributed by atoms with Crippen LogP contribution in [0.4, 0.5) is 39.5 Å². The van der Waals surface area contributed by atoms with Crippen LogP contribution >= 0.6 is 0 Å². The zero-order valence-corrected chi connectivity index (χ0v) is 29.7. The van der Waals surface area contributed by atoms with Crippen molar-refractivity contribution in [1.29, 1.82) is 0 Å². The molecule has 1 unspecified atom stereocenters. The molecule has 0 spiro atoms. The van der Waals surface area contributed by atoms with Gasteiger partial charge in [-0.3, -0.25) is 0 Å². The summed E-state index contributed by atoms with van der Waals surface area (Å²) in [5.74, 6) is 2.51. The van der Waals surface area contributed by atoms with E-state index in [1.54, 1.807) is 0 Å². The molecule has 9 atom stereocenters. The van der Waals surface area contributed by atoms with E-state index in [4.69, 9.17) is 4.43 Å². The van der Waals surface area contributed by atoms with E-state index in [0.717, 1.165) is 44.9 Å². The summed E-state index contributed by atoms with van der Waals surface area (Å²) in [5.41, 5.74) is -5.93. The average molecular weight is 695 g/mol. The summed E-state index contributed by atoms with van der Waals surface area (Å²) >= 11 is 0. The van der Waals surface area contributed by atoms with Gasteiger partial charge in [0.2, 0.25) is 0 Å². The number of alkyl halides is 9. The minimum atomic E-state index is -6.69. The zero-order valence-electron chi connectivity index (χ0n) is 28.7. The van der Waals surface area contributed by atoms with Gasteiger partial charge < -0.3 is 9.16 Å². The van der Waals surface area contributed by atoms with E-state index in [-0.39, 0.29) is 40.5 Å². The molecule has 2 nitrogen and oxygen atoms in total. The van der Waals surface area contributed by atoms with E-state index in [2.05, 4.69) is 52.4 Å². The maximum Gasteiger partial charge on any atom is 0.435 e. The summed E-state index contributed by atoms with van der Waals surface area (Å²) in [4.78, 5) is 0. The van der Waals surface area contributed by atoms with Crippen molar-refractivity contribution in [2.45, 2.75) is 161 Å². The highest BCUT2D eigenvalue weighted by Gasteiger charge is 2.85. The van der Waals surface area contributed by atoms with Gasteiger partial charge in [0.15, 0.2) is 8.32 Å². The molecule has 0 aromatic rings. The first-order valence-electron chi connectivity index (χ1n) is 17.2. The minimum Gasteiger partial charge on any atom is -0.414 e. The molecule has 0 aromatic carbocycles. The lowest BCUT2D eigenvalue weighted by Crippen LogP contribution is -2.67. The predicted octanol–water partition coefficient (Wildman–Crippen LogP) is 11.9. The number of fused-ring (bicyclic) bond motifs is 5. The first-order chi connectivity index (χ1) is 20.7. The second-order valence-electron chi connectivity index (χ2n) is 17.3. The third-order valence-corrected chi connectivity index (χ3v) is 18.5. The highest BCUT2D eigenvalue weighted by molar-refractivity contribution is 6.74. The monoisotopic (exact) mass is 694 g/mol. The molecule has 12 heteroatoms. The van der Waals surface area contributed by atoms with Crippen molar-refractivity contribution in [3.05, 3.63) is 0 Å². The Hall–Kier alpha value is -0.493. The second-order valence-corrected chi connectivity index (χ2v) is 22.1. The number of ether oxygens (including phenoxy) is 1. The molecule has 0 aliphatic heterocycles. The Morgan fingerprint density at radius 3 is 1.83 bits per heavy atom. The van der Waals surface area contributed by atoms with Crippen molar-refractivity contribution < 1.29 is 48.7 Å². The molecule has 270 valence electrons. The largest absolute Gasteiger partial charge is 0.435 e. The smallest absolute Gasteiger partial charge is 0.414 e. The molecular formula is C34H55F9O2Si. The highest BCUT2D eigenvalue weighted by atomic mass is 28.4. The SMILES string of the molecule is C[C@H](CCCOC(C(F)(F)F)(C(F)(F)F)C(F)(F)F)[C@H]1CC[C@H]2[C@@H]3CC[C@@H]4CC(O[Si](C)(C)C(C)(C)C)CC[C@]4(C)[C@H]3CC[C@]12C. The fourth-order valence-electron chi connectivity index (χ4n) is 10.5. The first-order valence-corrected chi connectivity index (χ1v) is 20.2. The van der Waals surface area contributed by atoms with Crippen molar-refractivity contribution in [2.24, 2.45) is 46.3 Å². The van der Waals surface area contributed by atoms with Gasteiger partial charge in [0.1, 0.15) is 0 Å².